The lowest BCUT2D eigenvalue weighted by molar-refractivity contribution is -0.192. The van der Waals surface area contributed by atoms with Gasteiger partial charge in [0.05, 0.1) is 13.2 Å². The van der Waals surface area contributed by atoms with E-state index in [2.05, 4.69) is 37.3 Å². The summed E-state index contributed by atoms with van der Waals surface area (Å²) in [6.07, 6.45) is -5.08. The largest absolute Gasteiger partial charge is 0.490 e. The fourth-order valence-corrected chi connectivity index (χ4v) is 3.08. The third kappa shape index (κ3) is 7.09. The molecule has 1 aliphatic heterocycles. The van der Waals surface area contributed by atoms with Crippen molar-refractivity contribution in [2.75, 3.05) is 49.5 Å². The Kier molecular flexibility index (Phi) is 9.46. The first-order valence-electron chi connectivity index (χ1n) is 10.5. The monoisotopic (exact) mass is 501 g/mol. The SMILES string of the molecule is CC#CCn1c(N2CCNCC2)nc2nc(NCC(=O)OCC)n(C)c(=O)c21.O=C(O)C(F)(F)F. The maximum Gasteiger partial charge on any atom is 0.490 e. The summed E-state index contributed by atoms with van der Waals surface area (Å²) in [5, 5.41) is 13.3. The van der Waals surface area contributed by atoms with Crippen LogP contribution in [0.3, 0.4) is 0 Å². The van der Waals surface area contributed by atoms with Gasteiger partial charge < -0.3 is 25.4 Å². The number of nitrogens with zero attached hydrogens (tertiary/aromatic N) is 5. The third-order valence-electron chi connectivity index (χ3n) is 4.72. The Morgan fingerprint density at radius 1 is 1.26 bits per heavy atom. The highest BCUT2D eigenvalue weighted by atomic mass is 19.4. The Labute approximate surface area is 198 Å². The number of carboxylic acids is 1. The van der Waals surface area contributed by atoms with Crippen LogP contribution in [0.1, 0.15) is 13.8 Å². The average Bonchev–Trinajstić information content (AvgIpc) is 3.18. The van der Waals surface area contributed by atoms with Crippen LogP contribution in [0.5, 0.6) is 0 Å². The van der Waals surface area contributed by atoms with Crippen molar-refractivity contribution in [1.82, 2.24) is 24.4 Å². The Balaban J connectivity index is 0.000000540. The van der Waals surface area contributed by atoms with Crippen molar-refractivity contribution < 1.29 is 32.6 Å². The molecule has 35 heavy (non-hydrogen) atoms. The minimum absolute atomic E-state index is 0.0771. The lowest BCUT2D eigenvalue weighted by Gasteiger charge is -2.28. The van der Waals surface area contributed by atoms with Gasteiger partial charge in [-0.05, 0) is 13.8 Å². The molecule has 0 aliphatic carbocycles. The molecule has 3 N–H and O–H groups in total. The minimum Gasteiger partial charge on any atom is -0.475 e. The number of nitrogens with one attached hydrogen (secondary N) is 2. The number of hydrogen-bond donors (Lipinski definition) is 3. The van der Waals surface area contributed by atoms with Crippen molar-refractivity contribution in [1.29, 1.82) is 0 Å². The molecule has 15 heteroatoms. The highest BCUT2D eigenvalue weighted by Crippen LogP contribution is 2.21. The predicted octanol–water partition coefficient (Wildman–Crippen LogP) is 0.171. The molecule has 1 fully saturated rings. The van der Waals surface area contributed by atoms with Crippen molar-refractivity contribution in [3.63, 3.8) is 0 Å². The summed E-state index contributed by atoms with van der Waals surface area (Å²) in [6, 6.07) is 0. The van der Waals surface area contributed by atoms with Gasteiger partial charge >= 0.3 is 18.1 Å². The number of carbonyl (C=O) groups excluding carboxylic acids is 1. The molecule has 0 atom stereocenters. The second-order valence-electron chi connectivity index (χ2n) is 7.10. The van der Waals surface area contributed by atoms with Crippen LogP contribution in [-0.2, 0) is 27.9 Å². The van der Waals surface area contributed by atoms with E-state index in [4.69, 9.17) is 14.6 Å². The first-order valence-corrected chi connectivity index (χ1v) is 10.5. The molecule has 3 heterocycles. The fourth-order valence-electron chi connectivity index (χ4n) is 3.08. The molecule has 2 aromatic heterocycles. The number of carbonyl (C=O) groups is 2. The predicted molar refractivity (Wildman–Crippen MR) is 120 cm³/mol. The summed E-state index contributed by atoms with van der Waals surface area (Å²) in [5.74, 6) is 3.67. The number of esters is 1. The van der Waals surface area contributed by atoms with Crippen molar-refractivity contribution >= 4 is 35.0 Å². The lowest BCUT2D eigenvalue weighted by atomic mass is 10.4. The van der Waals surface area contributed by atoms with Crippen LogP contribution in [-0.4, -0.2) is 81.7 Å². The van der Waals surface area contributed by atoms with Gasteiger partial charge in [0.1, 0.15) is 6.54 Å². The molecule has 0 radical (unpaired) electrons. The van der Waals surface area contributed by atoms with E-state index < -0.39 is 18.1 Å². The maximum absolute atomic E-state index is 13.0. The number of anilines is 2. The third-order valence-corrected chi connectivity index (χ3v) is 4.72. The van der Waals surface area contributed by atoms with Crippen molar-refractivity contribution in [3.8, 4) is 11.8 Å². The summed E-state index contributed by atoms with van der Waals surface area (Å²) < 4.78 is 39.8. The van der Waals surface area contributed by atoms with Crippen LogP contribution in [0.4, 0.5) is 25.1 Å². The quantitative estimate of drug-likeness (QED) is 0.370. The van der Waals surface area contributed by atoms with Gasteiger partial charge in [0.15, 0.2) is 11.2 Å². The Bertz CT molecular complexity index is 1170. The number of halogens is 3. The Hall–Kier alpha value is -3.80. The highest BCUT2D eigenvalue weighted by molar-refractivity contribution is 5.77. The van der Waals surface area contributed by atoms with E-state index in [0.29, 0.717) is 30.3 Å². The molecular weight excluding hydrogens is 475 g/mol. The first kappa shape index (κ1) is 27.4. The molecule has 192 valence electrons. The number of piperazine rings is 1. The van der Waals surface area contributed by atoms with Gasteiger partial charge in [-0.2, -0.15) is 23.1 Å². The van der Waals surface area contributed by atoms with E-state index in [1.165, 1.54) is 4.57 Å². The number of carboxylic acid groups (broad SMARTS) is 1. The number of hydrogen-bond acceptors (Lipinski definition) is 9. The molecule has 0 bridgehead atoms. The number of aromatic nitrogens is 4. The molecule has 1 aliphatic rings. The summed E-state index contributed by atoms with van der Waals surface area (Å²) in [6.45, 7) is 7.35. The maximum atomic E-state index is 13.0. The molecule has 0 unspecified atom stereocenters. The molecule has 3 rings (SSSR count). The number of rotatable bonds is 6. The zero-order valence-electron chi connectivity index (χ0n) is 19.4. The second kappa shape index (κ2) is 12.1. The van der Waals surface area contributed by atoms with E-state index in [-0.39, 0.29) is 18.1 Å². The van der Waals surface area contributed by atoms with Crippen molar-refractivity contribution in [2.24, 2.45) is 7.05 Å². The standard InChI is InChI=1S/C18H25N7O3.C2HF3O2/c1-4-6-9-25-14-15(22-18(25)24-10-7-19-8-11-24)21-17(23(3)16(14)27)20-12-13(26)28-5-2;3-2(4,5)1(6)7/h19H,5,7-12H2,1-3H3,(H,20,21);(H,6,7). The van der Waals surface area contributed by atoms with Crippen LogP contribution in [0.15, 0.2) is 4.79 Å². The van der Waals surface area contributed by atoms with Gasteiger partial charge in [-0.3, -0.25) is 18.7 Å². The van der Waals surface area contributed by atoms with E-state index in [1.54, 1.807) is 20.9 Å². The van der Waals surface area contributed by atoms with Gasteiger partial charge in [-0.1, -0.05) is 5.92 Å². The van der Waals surface area contributed by atoms with Crippen LogP contribution in [0, 0.1) is 11.8 Å². The van der Waals surface area contributed by atoms with Crippen LogP contribution >= 0.6 is 0 Å². The number of ether oxygens (including phenoxy) is 1. The normalized spacial score (nSPS) is 13.4. The van der Waals surface area contributed by atoms with Crippen molar-refractivity contribution in [3.05, 3.63) is 10.4 Å². The number of imidazole rings is 1. The molecule has 1 saturated heterocycles. The topological polar surface area (TPSA) is 144 Å². The van der Waals surface area contributed by atoms with Gasteiger partial charge in [-0.25, -0.2) is 4.79 Å². The summed E-state index contributed by atoms with van der Waals surface area (Å²) in [4.78, 5) is 44.8. The van der Waals surface area contributed by atoms with E-state index in [1.807, 2.05) is 4.57 Å². The smallest absolute Gasteiger partial charge is 0.475 e. The van der Waals surface area contributed by atoms with Gasteiger partial charge in [0.2, 0.25) is 11.9 Å². The van der Waals surface area contributed by atoms with E-state index in [9.17, 15) is 22.8 Å². The van der Waals surface area contributed by atoms with Gasteiger partial charge in [-0.15, -0.1) is 5.92 Å². The number of fused-ring (bicyclic) bond motifs is 1. The summed E-state index contributed by atoms with van der Waals surface area (Å²) in [7, 11) is 1.61. The van der Waals surface area contributed by atoms with Crippen LogP contribution in [0.25, 0.3) is 11.2 Å². The molecule has 0 saturated carbocycles. The van der Waals surface area contributed by atoms with E-state index >= 15 is 0 Å². The molecule has 0 amide bonds. The first-order chi connectivity index (χ1) is 16.5. The van der Waals surface area contributed by atoms with Gasteiger partial charge in [0, 0.05) is 33.2 Å². The average molecular weight is 501 g/mol. The van der Waals surface area contributed by atoms with Crippen LogP contribution < -0.4 is 21.1 Å². The molecule has 0 aromatic carbocycles. The molecule has 0 spiro atoms. The number of aliphatic carboxylic acids is 1. The van der Waals surface area contributed by atoms with E-state index in [0.717, 1.165) is 26.2 Å². The molecular formula is C20H26F3N7O5. The summed E-state index contributed by atoms with van der Waals surface area (Å²) >= 11 is 0. The minimum atomic E-state index is -5.08. The van der Waals surface area contributed by atoms with Gasteiger partial charge in [0.25, 0.3) is 5.56 Å². The molecule has 2 aromatic rings. The van der Waals surface area contributed by atoms with Crippen LogP contribution in [0.2, 0.25) is 0 Å². The Morgan fingerprint density at radius 2 is 1.89 bits per heavy atom. The highest BCUT2D eigenvalue weighted by Gasteiger charge is 2.38. The zero-order valence-corrected chi connectivity index (χ0v) is 19.4. The summed E-state index contributed by atoms with van der Waals surface area (Å²) in [5.41, 5.74) is 0.490. The number of alkyl halides is 3. The Morgan fingerprint density at radius 3 is 2.43 bits per heavy atom. The molecule has 12 nitrogen and oxygen atoms in total. The van der Waals surface area contributed by atoms with Crippen molar-refractivity contribution in [2.45, 2.75) is 26.6 Å². The lowest BCUT2D eigenvalue weighted by Crippen LogP contribution is -2.44. The zero-order chi connectivity index (χ0) is 26.2. The second-order valence-corrected chi connectivity index (χ2v) is 7.10. The fraction of sp³-hybridized carbons (Fsp3) is 0.550.